The molecule has 0 unspecified atom stereocenters. The van der Waals surface area contributed by atoms with Gasteiger partial charge < -0.3 is 9.47 Å². The van der Waals surface area contributed by atoms with Gasteiger partial charge in [-0.25, -0.2) is 0 Å². The van der Waals surface area contributed by atoms with Gasteiger partial charge in [0.2, 0.25) is 0 Å². The first kappa shape index (κ1) is 20.5. The molecule has 0 bridgehead atoms. The van der Waals surface area contributed by atoms with E-state index in [1.165, 1.54) is 30.3 Å². The smallest absolute Gasteiger partial charge is 0.491 e. The van der Waals surface area contributed by atoms with Crippen LogP contribution in [0.4, 0.5) is 18.9 Å². The molecule has 0 heterocycles. The van der Waals surface area contributed by atoms with Crippen LogP contribution in [0.5, 0.6) is 11.5 Å². The lowest BCUT2D eigenvalue weighted by Gasteiger charge is -2.27. The van der Waals surface area contributed by atoms with E-state index in [1.54, 1.807) is 39.8 Å². The SMILES string of the molecule is CC(C)Oc1cc(OC(F)(F)F)cc(C(C)(C)c2cccc([N+](=O)[O-])c2)c1. The Morgan fingerprint density at radius 3 is 2.19 bits per heavy atom. The van der Waals surface area contributed by atoms with Gasteiger partial charge in [0.05, 0.1) is 11.0 Å². The third-order valence-electron chi connectivity index (χ3n) is 3.99. The summed E-state index contributed by atoms with van der Waals surface area (Å²) in [6.07, 6.45) is -5.09. The minimum Gasteiger partial charge on any atom is -0.491 e. The molecule has 0 amide bonds. The van der Waals surface area contributed by atoms with Crippen molar-refractivity contribution >= 4 is 5.69 Å². The Bertz CT molecular complexity index is 832. The summed E-state index contributed by atoms with van der Waals surface area (Å²) < 4.78 is 47.7. The van der Waals surface area contributed by atoms with Crippen molar-refractivity contribution < 1.29 is 27.6 Å². The highest BCUT2D eigenvalue weighted by Gasteiger charge is 2.33. The van der Waals surface area contributed by atoms with E-state index in [0.29, 0.717) is 11.1 Å². The van der Waals surface area contributed by atoms with E-state index in [9.17, 15) is 23.3 Å². The molecule has 27 heavy (non-hydrogen) atoms. The first-order valence-electron chi connectivity index (χ1n) is 8.21. The number of nitro benzene ring substituents is 1. The summed E-state index contributed by atoms with van der Waals surface area (Å²) in [7, 11) is 0. The summed E-state index contributed by atoms with van der Waals surface area (Å²) in [4.78, 5) is 10.5. The molecule has 0 atom stereocenters. The zero-order chi connectivity index (χ0) is 20.4. The fourth-order valence-corrected chi connectivity index (χ4v) is 2.64. The molecule has 0 aliphatic heterocycles. The second-order valence-electron chi connectivity index (χ2n) is 6.84. The van der Waals surface area contributed by atoms with Crippen LogP contribution < -0.4 is 9.47 Å². The number of non-ortho nitro benzene ring substituents is 1. The normalized spacial score (nSPS) is 12.1. The fourth-order valence-electron chi connectivity index (χ4n) is 2.64. The molecule has 0 aliphatic carbocycles. The molecule has 0 spiro atoms. The van der Waals surface area contributed by atoms with Crippen molar-refractivity contribution in [3.8, 4) is 11.5 Å². The molecule has 2 rings (SSSR count). The van der Waals surface area contributed by atoms with Crippen molar-refractivity contribution in [2.75, 3.05) is 0 Å². The maximum absolute atomic E-state index is 12.7. The third-order valence-corrected chi connectivity index (χ3v) is 3.99. The van der Waals surface area contributed by atoms with E-state index < -0.39 is 22.5 Å². The lowest BCUT2D eigenvalue weighted by molar-refractivity contribution is -0.385. The molecule has 0 aliphatic rings. The molecular formula is C19H20F3NO4. The van der Waals surface area contributed by atoms with Crippen molar-refractivity contribution in [3.05, 3.63) is 63.7 Å². The molecule has 2 aromatic carbocycles. The van der Waals surface area contributed by atoms with E-state index in [0.717, 1.165) is 0 Å². The van der Waals surface area contributed by atoms with Crippen molar-refractivity contribution in [2.45, 2.75) is 45.6 Å². The van der Waals surface area contributed by atoms with Gasteiger partial charge in [-0.15, -0.1) is 13.2 Å². The summed E-state index contributed by atoms with van der Waals surface area (Å²) in [5.74, 6) is -0.186. The molecule has 0 radical (unpaired) electrons. The monoisotopic (exact) mass is 383 g/mol. The first-order valence-corrected chi connectivity index (χ1v) is 8.21. The number of hydrogen-bond donors (Lipinski definition) is 0. The van der Waals surface area contributed by atoms with Crippen molar-refractivity contribution in [1.82, 2.24) is 0 Å². The van der Waals surface area contributed by atoms with E-state index in [1.807, 2.05) is 0 Å². The summed E-state index contributed by atoms with van der Waals surface area (Å²) in [5, 5.41) is 11.0. The number of halogens is 3. The topological polar surface area (TPSA) is 61.6 Å². The van der Waals surface area contributed by atoms with Crippen LogP contribution in [0, 0.1) is 10.1 Å². The predicted octanol–water partition coefficient (Wildman–Crippen LogP) is 5.61. The maximum atomic E-state index is 12.7. The van der Waals surface area contributed by atoms with E-state index in [4.69, 9.17) is 4.74 Å². The molecule has 0 saturated carbocycles. The Balaban J connectivity index is 2.55. The standard InChI is InChI=1S/C19H20F3NO4/c1-12(2)26-16-9-14(10-17(11-16)27-19(20,21)22)18(3,4)13-6-5-7-15(8-13)23(24)25/h5-12H,1-4H3. The fraction of sp³-hybridized carbons (Fsp3) is 0.368. The molecule has 0 N–H and O–H groups in total. The van der Waals surface area contributed by atoms with Crippen LogP contribution in [0.2, 0.25) is 0 Å². The molecule has 146 valence electrons. The number of ether oxygens (including phenoxy) is 2. The largest absolute Gasteiger partial charge is 0.573 e. The molecule has 0 fully saturated rings. The summed E-state index contributed by atoms with van der Waals surface area (Å²) in [6, 6.07) is 10.0. The average Bonchev–Trinajstić information content (AvgIpc) is 2.52. The van der Waals surface area contributed by atoms with Crippen LogP contribution >= 0.6 is 0 Å². The first-order chi connectivity index (χ1) is 12.4. The van der Waals surface area contributed by atoms with Crippen molar-refractivity contribution in [3.63, 3.8) is 0 Å². The quantitative estimate of drug-likeness (QED) is 0.481. The lowest BCUT2D eigenvalue weighted by Crippen LogP contribution is -2.21. The minimum atomic E-state index is -4.84. The van der Waals surface area contributed by atoms with E-state index in [-0.39, 0.29) is 17.5 Å². The van der Waals surface area contributed by atoms with Crippen LogP contribution in [0.3, 0.4) is 0 Å². The van der Waals surface area contributed by atoms with Crippen LogP contribution in [0.15, 0.2) is 42.5 Å². The maximum Gasteiger partial charge on any atom is 0.573 e. The van der Waals surface area contributed by atoms with Gasteiger partial charge in [-0.2, -0.15) is 0 Å². The lowest BCUT2D eigenvalue weighted by atomic mass is 9.78. The van der Waals surface area contributed by atoms with Gasteiger partial charge in [0.1, 0.15) is 11.5 Å². The summed E-state index contributed by atoms with van der Waals surface area (Å²) >= 11 is 0. The highest BCUT2D eigenvalue weighted by molar-refractivity contribution is 5.48. The number of nitro groups is 1. The highest BCUT2D eigenvalue weighted by atomic mass is 19.4. The van der Waals surface area contributed by atoms with Gasteiger partial charge in [0.15, 0.2) is 0 Å². The predicted molar refractivity (Wildman–Crippen MR) is 94.1 cm³/mol. The van der Waals surface area contributed by atoms with Gasteiger partial charge >= 0.3 is 6.36 Å². The minimum absolute atomic E-state index is 0.0954. The van der Waals surface area contributed by atoms with E-state index >= 15 is 0 Å². The van der Waals surface area contributed by atoms with Crippen molar-refractivity contribution in [1.29, 1.82) is 0 Å². The zero-order valence-electron chi connectivity index (χ0n) is 15.3. The Morgan fingerprint density at radius 1 is 1.00 bits per heavy atom. The second kappa shape index (κ2) is 7.46. The van der Waals surface area contributed by atoms with Gasteiger partial charge in [-0.05, 0) is 37.1 Å². The molecule has 8 heteroatoms. The van der Waals surface area contributed by atoms with Crippen molar-refractivity contribution in [2.24, 2.45) is 0 Å². The van der Waals surface area contributed by atoms with Gasteiger partial charge in [0, 0.05) is 23.6 Å². The molecule has 5 nitrogen and oxygen atoms in total. The molecule has 0 saturated heterocycles. The number of benzene rings is 2. The molecule has 0 aromatic heterocycles. The van der Waals surface area contributed by atoms with Gasteiger partial charge in [-0.1, -0.05) is 26.0 Å². The third kappa shape index (κ3) is 5.35. The van der Waals surface area contributed by atoms with Crippen LogP contribution in [-0.4, -0.2) is 17.4 Å². The summed E-state index contributed by atoms with van der Waals surface area (Å²) in [5.41, 5.74) is 0.130. The molecular weight excluding hydrogens is 363 g/mol. The number of nitrogens with zero attached hydrogens (tertiary/aromatic N) is 1. The number of alkyl halides is 3. The Hall–Kier alpha value is -2.77. The Kier molecular flexibility index (Phi) is 5.67. The van der Waals surface area contributed by atoms with Crippen LogP contribution in [-0.2, 0) is 5.41 Å². The Labute approximate surface area is 154 Å². The van der Waals surface area contributed by atoms with Crippen LogP contribution in [0.1, 0.15) is 38.8 Å². The molecule has 2 aromatic rings. The number of hydrogen-bond acceptors (Lipinski definition) is 4. The van der Waals surface area contributed by atoms with E-state index in [2.05, 4.69) is 4.74 Å². The second-order valence-corrected chi connectivity index (χ2v) is 6.84. The zero-order valence-corrected chi connectivity index (χ0v) is 15.3. The number of rotatable bonds is 6. The van der Waals surface area contributed by atoms with Gasteiger partial charge in [0.25, 0.3) is 5.69 Å². The summed E-state index contributed by atoms with van der Waals surface area (Å²) in [6.45, 7) is 7.03. The highest BCUT2D eigenvalue weighted by Crippen LogP contribution is 2.38. The van der Waals surface area contributed by atoms with Gasteiger partial charge in [-0.3, -0.25) is 10.1 Å². The van der Waals surface area contributed by atoms with Crippen LogP contribution in [0.25, 0.3) is 0 Å². The Morgan fingerprint density at radius 2 is 1.63 bits per heavy atom. The average molecular weight is 383 g/mol.